The van der Waals surface area contributed by atoms with Gasteiger partial charge in [-0.15, -0.1) is 0 Å². The minimum atomic E-state index is -1.70. The van der Waals surface area contributed by atoms with Crippen LogP contribution in [-0.4, -0.2) is 105 Å². The summed E-state index contributed by atoms with van der Waals surface area (Å²) in [6, 6.07) is -2.91. The number of hydrogen-bond donors (Lipinski definition) is 13. The molecule has 0 aliphatic carbocycles. The Bertz CT molecular complexity index is 1430. The molecule has 4 amide bonds. The van der Waals surface area contributed by atoms with Gasteiger partial charge in [0.15, 0.2) is 5.96 Å². The van der Waals surface area contributed by atoms with Crippen molar-refractivity contribution < 1.29 is 44.1 Å². The van der Waals surface area contributed by atoms with Crippen molar-refractivity contribution in [3.8, 4) is 5.75 Å². The smallest absolute Gasteiger partial charge is 0.326 e. The average molecular weight is 739 g/mol. The molecule has 51 heavy (non-hydrogen) atoms. The second-order valence-electron chi connectivity index (χ2n) is 12.1. The largest absolute Gasteiger partial charge is 0.508 e. The average Bonchev–Trinajstić information content (AvgIpc) is 3.04. The minimum absolute atomic E-state index is 0.0834. The van der Waals surface area contributed by atoms with Crippen LogP contribution in [0.3, 0.4) is 0 Å². The molecular weight excluding hydrogens is 688 g/mol. The third-order valence-corrected chi connectivity index (χ3v) is 7.80. The number of carboxylic acids is 2. The van der Waals surface area contributed by atoms with Gasteiger partial charge in [-0.3, -0.25) is 29.4 Å². The molecule has 284 valence electrons. The van der Waals surface area contributed by atoms with Crippen LogP contribution in [0.4, 0.5) is 0 Å². The Kier molecular flexibility index (Phi) is 18.9. The van der Waals surface area contributed by atoms with E-state index in [1.807, 2.05) is 0 Å². The highest BCUT2D eigenvalue weighted by molar-refractivity contribution is 7.80. The predicted molar refractivity (Wildman–Crippen MR) is 190 cm³/mol. The second-order valence-corrected chi connectivity index (χ2v) is 12.6. The molecule has 0 bridgehead atoms. The summed E-state index contributed by atoms with van der Waals surface area (Å²) in [5.41, 5.74) is 23.0. The molecule has 0 unspecified atom stereocenters. The van der Waals surface area contributed by atoms with Crippen molar-refractivity contribution in [1.29, 1.82) is 5.41 Å². The summed E-state index contributed by atoms with van der Waals surface area (Å²) < 4.78 is 0. The lowest BCUT2D eigenvalue weighted by Gasteiger charge is -2.27. The molecular formula is C31H50N10O9S. The summed E-state index contributed by atoms with van der Waals surface area (Å²) in [6.07, 6.45) is 0.362. The predicted octanol–water partition coefficient (Wildman–Crippen LogP) is -2.56. The lowest BCUT2D eigenvalue weighted by Crippen LogP contribution is -2.59. The highest BCUT2D eigenvalue weighted by Gasteiger charge is 2.34. The Morgan fingerprint density at radius 1 is 0.843 bits per heavy atom. The number of nitrogens with two attached hydrogens (primary N) is 4. The molecule has 0 heterocycles. The quantitative estimate of drug-likeness (QED) is 0.0238. The first-order chi connectivity index (χ1) is 23.9. The number of carboxylic acid groups (broad SMARTS) is 2. The summed E-state index contributed by atoms with van der Waals surface area (Å²) in [6.45, 7) is 3.70. The van der Waals surface area contributed by atoms with Crippen molar-refractivity contribution in [2.24, 2.45) is 28.9 Å². The Morgan fingerprint density at radius 2 is 1.45 bits per heavy atom. The van der Waals surface area contributed by atoms with Gasteiger partial charge in [-0.05, 0) is 62.3 Å². The van der Waals surface area contributed by atoms with E-state index in [9.17, 15) is 44.1 Å². The van der Waals surface area contributed by atoms with Crippen molar-refractivity contribution in [3.63, 3.8) is 0 Å². The first-order valence-corrected chi connectivity index (χ1v) is 16.6. The zero-order valence-electron chi connectivity index (χ0n) is 28.6. The van der Waals surface area contributed by atoms with Crippen LogP contribution in [-0.2, 0) is 35.2 Å². The number of nitrogens with one attached hydrogen (secondary N) is 6. The van der Waals surface area contributed by atoms with Crippen LogP contribution < -0.4 is 49.5 Å². The van der Waals surface area contributed by atoms with Gasteiger partial charge in [0.25, 0.3) is 0 Å². The van der Waals surface area contributed by atoms with Crippen molar-refractivity contribution in [2.45, 2.75) is 89.0 Å². The topological polar surface area (TPSA) is 351 Å². The van der Waals surface area contributed by atoms with E-state index in [4.69, 9.17) is 40.6 Å². The Labute approximate surface area is 300 Å². The van der Waals surface area contributed by atoms with Crippen LogP contribution in [0.5, 0.6) is 5.75 Å². The van der Waals surface area contributed by atoms with Crippen molar-refractivity contribution in [2.75, 3.05) is 13.1 Å². The molecule has 17 N–H and O–H groups in total. The van der Waals surface area contributed by atoms with Gasteiger partial charge in [0.2, 0.25) is 23.6 Å². The van der Waals surface area contributed by atoms with Gasteiger partial charge < -0.3 is 64.8 Å². The number of carbonyl (C=O) groups is 6. The number of phenols is 1. The summed E-state index contributed by atoms with van der Waals surface area (Å²) in [5.74, 6) is -7.46. The third-order valence-electron chi connectivity index (χ3n) is 7.58. The SMILES string of the molecule is CC(C)[C@H](NC(=O)[C@H](CC(=O)O)NC(=O)[C@H](CCCCN)NC(=O)[C@@H](N)CCCNC(=N)N)C(=O)N[C@@H](Cc1ccc(O)cc1C(N)=S)C(=O)O. The number of hydrogen-bond acceptors (Lipinski definition) is 11. The number of amides is 4. The highest BCUT2D eigenvalue weighted by Crippen LogP contribution is 2.19. The first-order valence-electron chi connectivity index (χ1n) is 16.2. The monoisotopic (exact) mass is 738 g/mol. The third kappa shape index (κ3) is 16.0. The second kappa shape index (κ2) is 21.9. The molecule has 5 atom stereocenters. The number of unbranched alkanes of at least 4 members (excludes halogenated alkanes) is 1. The Morgan fingerprint density at radius 3 is 2.00 bits per heavy atom. The molecule has 0 fully saturated rings. The van der Waals surface area contributed by atoms with E-state index in [2.05, 4.69) is 26.6 Å². The van der Waals surface area contributed by atoms with Gasteiger partial charge in [0.1, 0.15) is 34.9 Å². The number of phenolic OH excluding ortho intramolecular Hbond substituents is 1. The number of aromatic hydroxyl groups is 1. The number of thiocarbonyl (C=S) groups is 1. The van der Waals surface area contributed by atoms with E-state index in [-0.39, 0.29) is 48.1 Å². The van der Waals surface area contributed by atoms with Gasteiger partial charge in [-0.1, -0.05) is 32.1 Å². The van der Waals surface area contributed by atoms with Crippen molar-refractivity contribution in [1.82, 2.24) is 26.6 Å². The number of guanidine groups is 1. The van der Waals surface area contributed by atoms with Crippen molar-refractivity contribution in [3.05, 3.63) is 29.3 Å². The van der Waals surface area contributed by atoms with E-state index in [0.717, 1.165) is 0 Å². The summed E-state index contributed by atoms with van der Waals surface area (Å²) in [4.78, 5) is 76.7. The molecule has 0 aliphatic rings. The Hall–Kier alpha value is -5.08. The molecule has 0 spiro atoms. The molecule has 0 radical (unpaired) electrons. The van der Waals surface area contributed by atoms with Crippen LogP contribution in [0.15, 0.2) is 18.2 Å². The van der Waals surface area contributed by atoms with E-state index in [1.165, 1.54) is 18.2 Å². The fourth-order valence-corrected chi connectivity index (χ4v) is 5.00. The fraction of sp³-hybridized carbons (Fsp3) is 0.548. The zero-order chi connectivity index (χ0) is 38.8. The molecule has 0 aromatic heterocycles. The van der Waals surface area contributed by atoms with Gasteiger partial charge in [-0.2, -0.15) is 0 Å². The molecule has 0 saturated heterocycles. The normalized spacial score (nSPS) is 13.8. The molecule has 0 aliphatic heterocycles. The van der Waals surface area contributed by atoms with E-state index >= 15 is 0 Å². The van der Waals surface area contributed by atoms with E-state index < -0.39 is 78.1 Å². The lowest BCUT2D eigenvalue weighted by molar-refractivity contribution is -0.143. The van der Waals surface area contributed by atoms with Crippen LogP contribution in [0.1, 0.15) is 63.5 Å². The van der Waals surface area contributed by atoms with Crippen LogP contribution in [0.2, 0.25) is 0 Å². The van der Waals surface area contributed by atoms with Crippen LogP contribution in [0.25, 0.3) is 0 Å². The molecule has 20 heteroatoms. The number of aliphatic carboxylic acids is 2. The molecule has 0 saturated carbocycles. The van der Waals surface area contributed by atoms with E-state index in [1.54, 1.807) is 13.8 Å². The zero-order valence-corrected chi connectivity index (χ0v) is 29.4. The van der Waals surface area contributed by atoms with Crippen LogP contribution in [0, 0.1) is 11.3 Å². The molecule has 19 nitrogen and oxygen atoms in total. The Balaban J connectivity index is 3.15. The van der Waals surface area contributed by atoms with Crippen molar-refractivity contribution >= 4 is 58.7 Å². The number of benzene rings is 1. The standard InChI is InChI=1S/C31H50N10O9S/c1-15(2)24(29(48)40-22(30(49)50)12-16-8-9-17(42)13-18(16)25(34)51)41-28(47)21(14-23(43)44)39-27(46)20(7-3-4-10-32)38-26(45)19(33)6-5-11-37-31(35)36/h8-9,13,15,19-22,24,42H,3-7,10-12,14,32-33H2,1-2H3,(H2,34,51)(H,38,45)(H,39,46)(H,40,48)(H,41,47)(H,43,44)(H,49,50)(H4,35,36,37)/t19-,20-,21-,22-,24-/m0/s1. The van der Waals surface area contributed by atoms with Gasteiger partial charge in [-0.25, -0.2) is 4.79 Å². The maximum atomic E-state index is 13.4. The van der Waals surface area contributed by atoms with Gasteiger partial charge >= 0.3 is 11.9 Å². The van der Waals surface area contributed by atoms with E-state index in [0.29, 0.717) is 31.4 Å². The molecule has 1 aromatic carbocycles. The highest BCUT2D eigenvalue weighted by atomic mass is 32.1. The fourth-order valence-electron chi connectivity index (χ4n) is 4.81. The maximum Gasteiger partial charge on any atom is 0.326 e. The summed E-state index contributed by atoms with van der Waals surface area (Å²) in [5, 5.41) is 48.6. The molecule has 1 aromatic rings. The number of carbonyl (C=O) groups excluding carboxylic acids is 4. The van der Waals surface area contributed by atoms with Gasteiger partial charge in [0.05, 0.1) is 12.5 Å². The maximum absolute atomic E-state index is 13.4. The van der Waals surface area contributed by atoms with Crippen LogP contribution >= 0.6 is 12.2 Å². The molecule has 1 rings (SSSR count). The number of rotatable bonds is 23. The first kappa shape index (κ1) is 43.9. The lowest BCUT2D eigenvalue weighted by atomic mass is 9.98. The minimum Gasteiger partial charge on any atom is -0.508 e. The van der Waals surface area contributed by atoms with Gasteiger partial charge in [0, 0.05) is 18.5 Å². The summed E-state index contributed by atoms with van der Waals surface area (Å²) >= 11 is 4.99. The summed E-state index contributed by atoms with van der Waals surface area (Å²) in [7, 11) is 0.